The third-order valence-electron chi connectivity index (χ3n) is 2.95. The molecule has 1 aromatic heterocycles. The van der Waals surface area contributed by atoms with E-state index in [1.54, 1.807) is 12.3 Å². The first kappa shape index (κ1) is 14.2. The number of nitrogens with zero attached hydrogens (tertiary/aromatic N) is 2. The van der Waals surface area contributed by atoms with Gasteiger partial charge in [-0.3, -0.25) is 0 Å². The lowest BCUT2D eigenvalue weighted by Gasteiger charge is -2.09. The second-order valence-electron chi connectivity index (χ2n) is 4.48. The molecule has 0 radical (unpaired) electrons. The van der Waals surface area contributed by atoms with E-state index >= 15 is 0 Å². The lowest BCUT2D eigenvalue weighted by molar-refractivity contribution is -0.274. The average molecular weight is 306 g/mol. The van der Waals surface area contributed by atoms with E-state index in [-0.39, 0.29) is 12.4 Å². The Labute approximate surface area is 123 Å². The molecule has 3 rings (SSSR count). The summed E-state index contributed by atoms with van der Waals surface area (Å²) < 4.78 is 41.7. The van der Waals surface area contributed by atoms with Gasteiger partial charge >= 0.3 is 6.36 Å². The number of aromatic nitrogens is 2. The van der Waals surface area contributed by atoms with Crippen molar-refractivity contribution in [3.8, 4) is 11.4 Å². The van der Waals surface area contributed by atoms with Crippen molar-refractivity contribution in [2.24, 2.45) is 0 Å². The summed E-state index contributed by atoms with van der Waals surface area (Å²) in [5.41, 5.74) is 1.76. The Morgan fingerprint density at radius 1 is 1.18 bits per heavy atom. The molecule has 7 heteroatoms. The molecule has 1 heterocycles. The molecule has 0 saturated heterocycles. The number of fused-ring (bicyclic) bond motifs is 1. The van der Waals surface area contributed by atoms with E-state index in [0.717, 1.165) is 5.39 Å². The van der Waals surface area contributed by atoms with Gasteiger partial charge < -0.3 is 9.84 Å². The molecule has 0 spiro atoms. The van der Waals surface area contributed by atoms with E-state index in [4.69, 9.17) is 5.11 Å². The SMILES string of the molecule is OCc1c#cc2c(cnn2-c2ccc(OC(F)(F)F)cc2)c1. The first-order valence-electron chi connectivity index (χ1n) is 6.24. The fourth-order valence-electron chi connectivity index (χ4n) is 2.03. The molecule has 0 fully saturated rings. The molecule has 2 aromatic carbocycles. The summed E-state index contributed by atoms with van der Waals surface area (Å²) in [6.07, 6.45) is -3.14. The van der Waals surface area contributed by atoms with E-state index in [9.17, 15) is 13.2 Å². The van der Waals surface area contributed by atoms with Crippen LogP contribution in [0.1, 0.15) is 5.56 Å². The Hall–Kier alpha value is -2.72. The summed E-state index contributed by atoms with van der Waals surface area (Å²) in [7, 11) is 0. The second kappa shape index (κ2) is 5.24. The predicted molar refractivity (Wildman–Crippen MR) is 71.3 cm³/mol. The molecule has 0 aliphatic heterocycles. The minimum absolute atomic E-state index is 0.152. The minimum Gasteiger partial charge on any atom is -0.406 e. The molecule has 0 amide bonds. The number of rotatable bonds is 3. The average Bonchev–Trinajstić information content (AvgIpc) is 2.89. The first-order chi connectivity index (χ1) is 10.5. The van der Waals surface area contributed by atoms with Crippen LogP contribution in [0.2, 0.25) is 0 Å². The normalized spacial score (nSPS) is 11.5. The van der Waals surface area contributed by atoms with E-state index in [1.165, 1.54) is 28.9 Å². The highest BCUT2D eigenvalue weighted by Gasteiger charge is 2.30. The van der Waals surface area contributed by atoms with Crippen molar-refractivity contribution in [2.75, 3.05) is 0 Å². The maximum atomic E-state index is 12.1. The van der Waals surface area contributed by atoms with Gasteiger partial charge in [-0.25, -0.2) is 4.68 Å². The van der Waals surface area contributed by atoms with Gasteiger partial charge in [0.2, 0.25) is 0 Å². The third-order valence-corrected chi connectivity index (χ3v) is 2.95. The summed E-state index contributed by atoms with van der Waals surface area (Å²) in [5, 5.41) is 14.0. The monoisotopic (exact) mass is 306 g/mol. The van der Waals surface area contributed by atoms with Crippen LogP contribution in [0, 0.1) is 12.1 Å². The molecule has 0 atom stereocenters. The fraction of sp³-hybridized carbons (Fsp3) is 0.133. The van der Waals surface area contributed by atoms with Gasteiger partial charge in [-0.15, -0.1) is 13.2 Å². The highest BCUT2D eigenvalue weighted by atomic mass is 19.4. The van der Waals surface area contributed by atoms with Crippen molar-refractivity contribution in [1.82, 2.24) is 9.78 Å². The van der Waals surface area contributed by atoms with E-state index in [1.807, 2.05) is 0 Å². The zero-order valence-corrected chi connectivity index (χ0v) is 11.1. The molecule has 0 saturated carbocycles. The predicted octanol–water partition coefficient (Wildman–Crippen LogP) is 3.02. The molecule has 112 valence electrons. The number of ether oxygens (including phenoxy) is 1. The molecule has 22 heavy (non-hydrogen) atoms. The van der Waals surface area contributed by atoms with Crippen LogP contribution in [-0.2, 0) is 6.61 Å². The Morgan fingerprint density at radius 2 is 1.91 bits per heavy atom. The van der Waals surface area contributed by atoms with Gasteiger partial charge in [0.15, 0.2) is 0 Å². The number of alkyl halides is 3. The van der Waals surface area contributed by atoms with E-state index < -0.39 is 6.36 Å². The highest BCUT2D eigenvalue weighted by Crippen LogP contribution is 2.24. The molecule has 0 bridgehead atoms. The van der Waals surface area contributed by atoms with E-state index in [2.05, 4.69) is 22.0 Å². The van der Waals surface area contributed by atoms with Crippen LogP contribution in [0.4, 0.5) is 13.2 Å². The topological polar surface area (TPSA) is 47.3 Å². The van der Waals surface area contributed by atoms with E-state index in [0.29, 0.717) is 16.8 Å². The summed E-state index contributed by atoms with van der Waals surface area (Å²) in [6.45, 7) is -0.152. The molecule has 1 N–H and O–H groups in total. The van der Waals surface area contributed by atoms with Crippen LogP contribution in [0.3, 0.4) is 0 Å². The van der Waals surface area contributed by atoms with Crippen LogP contribution in [0.5, 0.6) is 5.75 Å². The Morgan fingerprint density at radius 3 is 2.55 bits per heavy atom. The number of aliphatic hydroxyl groups excluding tert-OH is 1. The van der Waals surface area contributed by atoms with Gasteiger partial charge in [-0.2, -0.15) is 5.10 Å². The van der Waals surface area contributed by atoms with Gasteiger partial charge in [-0.1, -0.05) is 6.07 Å². The highest BCUT2D eigenvalue weighted by molar-refractivity contribution is 5.79. The Balaban J connectivity index is 1.94. The summed E-state index contributed by atoms with van der Waals surface area (Å²) >= 11 is 0. The standard InChI is InChI=1S/C15H9F3N2O2/c16-15(17,18)22-13-4-2-12(3-5-13)20-14-6-1-10(9-21)7-11(14)8-19-20/h2-5,7-8,21H,9H2. The largest absolute Gasteiger partial charge is 0.573 e. The maximum Gasteiger partial charge on any atom is 0.573 e. The molecule has 3 aromatic rings. The van der Waals surface area contributed by atoms with Crippen molar-refractivity contribution in [3.05, 3.63) is 54.2 Å². The Kier molecular flexibility index (Phi) is 3.39. The van der Waals surface area contributed by atoms with Gasteiger partial charge in [0, 0.05) is 10.9 Å². The number of halogens is 3. The van der Waals surface area contributed by atoms with Crippen molar-refractivity contribution < 1.29 is 23.0 Å². The van der Waals surface area contributed by atoms with Crippen molar-refractivity contribution in [2.45, 2.75) is 13.0 Å². The molecule has 0 unspecified atom stereocenters. The Bertz CT molecular complexity index is 795. The van der Waals surface area contributed by atoms with Crippen LogP contribution in [-0.4, -0.2) is 21.2 Å². The minimum atomic E-state index is -4.72. The zero-order chi connectivity index (χ0) is 15.7. The number of hydrogen-bond donors (Lipinski definition) is 1. The molecule has 0 aliphatic rings. The lowest BCUT2D eigenvalue weighted by Crippen LogP contribution is -2.17. The zero-order valence-electron chi connectivity index (χ0n) is 11.1. The molecular formula is C15H9F3N2O2. The third kappa shape index (κ3) is 2.82. The summed E-state index contributed by atoms with van der Waals surface area (Å²) in [6, 6.07) is 12.7. The maximum absolute atomic E-state index is 12.1. The van der Waals surface area contributed by atoms with Crippen molar-refractivity contribution in [3.63, 3.8) is 0 Å². The fourth-order valence-corrected chi connectivity index (χ4v) is 2.03. The van der Waals surface area contributed by atoms with Crippen LogP contribution >= 0.6 is 0 Å². The van der Waals surface area contributed by atoms with Gasteiger partial charge in [0.25, 0.3) is 0 Å². The number of aliphatic hydroxyl groups is 1. The van der Waals surface area contributed by atoms with Crippen LogP contribution < -0.4 is 4.74 Å². The molecule has 4 nitrogen and oxygen atoms in total. The molecule has 0 aliphatic carbocycles. The van der Waals surface area contributed by atoms with Gasteiger partial charge in [-0.05, 0) is 36.4 Å². The smallest absolute Gasteiger partial charge is 0.406 e. The van der Waals surface area contributed by atoms with Gasteiger partial charge in [0.1, 0.15) is 11.3 Å². The first-order valence-corrected chi connectivity index (χ1v) is 6.24. The summed E-state index contributed by atoms with van der Waals surface area (Å²) in [4.78, 5) is 0. The quantitative estimate of drug-likeness (QED) is 0.809. The number of benzene rings is 1. The van der Waals surface area contributed by atoms with Crippen molar-refractivity contribution in [1.29, 1.82) is 0 Å². The van der Waals surface area contributed by atoms with Gasteiger partial charge in [0.05, 0.1) is 18.5 Å². The second-order valence-corrected chi connectivity index (χ2v) is 4.48. The molecular weight excluding hydrogens is 297 g/mol. The number of hydrogen-bond acceptors (Lipinski definition) is 3. The van der Waals surface area contributed by atoms with Crippen LogP contribution in [0.15, 0.2) is 36.5 Å². The summed E-state index contributed by atoms with van der Waals surface area (Å²) in [5.74, 6) is -0.300. The van der Waals surface area contributed by atoms with Crippen molar-refractivity contribution >= 4 is 10.9 Å². The lowest BCUT2D eigenvalue weighted by atomic mass is 10.2. The van der Waals surface area contributed by atoms with Crippen LogP contribution in [0.25, 0.3) is 16.6 Å².